The number of anilines is 1. The summed E-state index contributed by atoms with van der Waals surface area (Å²) in [6.45, 7) is 2.31. The highest BCUT2D eigenvalue weighted by atomic mass is 16.1. The highest BCUT2D eigenvalue weighted by molar-refractivity contribution is 6.03. The molecule has 0 aliphatic carbocycles. The summed E-state index contributed by atoms with van der Waals surface area (Å²) < 4.78 is 0. The Morgan fingerprint density at radius 3 is 2.89 bits per heavy atom. The van der Waals surface area contributed by atoms with Crippen LogP contribution in [-0.2, 0) is 6.54 Å². The van der Waals surface area contributed by atoms with Crippen LogP contribution in [0, 0.1) is 6.92 Å². The Balaban J connectivity index is 2.19. The van der Waals surface area contributed by atoms with E-state index in [0.29, 0.717) is 12.2 Å². The van der Waals surface area contributed by atoms with Crippen molar-refractivity contribution in [1.82, 2.24) is 4.98 Å². The lowest BCUT2D eigenvalue weighted by molar-refractivity contribution is 0.102. The van der Waals surface area contributed by atoms with Gasteiger partial charge in [0.05, 0.1) is 0 Å². The van der Waals surface area contributed by atoms with Crippen molar-refractivity contribution < 1.29 is 4.79 Å². The topological polar surface area (TPSA) is 68.0 Å². The lowest BCUT2D eigenvalue weighted by Gasteiger charge is -2.07. The maximum atomic E-state index is 12.0. The van der Waals surface area contributed by atoms with Crippen LogP contribution < -0.4 is 11.1 Å². The number of amides is 1. The van der Waals surface area contributed by atoms with Crippen molar-refractivity contribution in [2.45, 2.75) is 13.5 Å². The molecule has 0 unspecified atom stereocenters. The Kier molecular flexibility index (Phi) is 3.69. The fourth-order valence-electron chi connectivity index (χ4n) is 1.69. The van der Waals surface area contributed by atoms with Crippen LogP contribution >= 0.6 is 0 Å². The Labute approximate surface area is 106 Å². The van der Waals surface area contributed by atoms with Gasteiger partial charge in [0.25, 0.3) is 5.91 Å². The molecule has 0 radical (unpaired) electrons. The largest absolute Gasteiger partial charge is 0.326 e. The van der Waals surface area contributed by atoms with E-state index < -0.39 is 0 Å². The number of hydrogen-bond donors (Lipinski definition) is 2. The molecule has 3 N–H and O–H groups in total. The lowest BCUT2D eigenvalue weighted by atomic mass is 10.2. The van der Waals surface area contributed by atoms with Gasteiger partial charge in [-0.15, -0.1) is 0 Å². The zero-order chi connectivity index (χ0) is 13.0. The average Bonchev–Trinajstić information content (AvgIpc) is 2.39. The van der Waals surface area contributed by atoms with Gasteiger partial charge in [0, 0.05) is 18.4 Å². The molecule has 2 aromatic rings. The minimum absolute atomic E-state index is 0.206. The number of pyridine rings is 1. The summed E-state index contributed by atoms with van der Waals surface area (Å²) in [5.41, 5.74) is 8.56. The van der Waals surface area contributed by atoms with Crippen molar-refractivity contribution in [2.75, 3.05) is 5.32 Å². The number of carbonyl (C=O) groups is 1. The summed E-state index contributed by atoms with van der Waals surface area (Å²) in [5, 5.41) is 2.82. The summed E-state index contributed by atoms with van der Waals surface area (Å²) in [6, 6.07) is 11.1. The van der Waals surface area contributed by atoms with Gasteiger partial charge in [-0.2, -0.15) is 0 Å². The summed E-state index contributed by atoms with van der Waals surface area (Å²) >= 11 is 0. The van der Waals surface area contributed by atoms with Gasteiger partial charge in [-0.25, -0.2) is 0 Å². The van der Waals surface area contributed by atoms with E-state index in [4.69, 9.17) is 5.73 Å². The molecule has 0 atom stereocenters. The van der Waals surface area contributed by atoms with E-state index >= 15 is 0 Å². The van der Waals surface area contributed by atoms with Crippen molar-refractivity contribution in [2.24, 2.45) is 5.73 Å². The molecular formula is C14H15N3O. The van der Waals surface area contributed by atoms with Crippen LogP contribution in [0.1, 0.15) is 21.6 Å². The lowest BCUT2D eigenvalue weighted by Crippen LogP contribution is -2.15. The number of hydrogen-bond acceptors (Lipinski definition) is 3. The molecule has 4 nitrogen and oxygen atoms in total. The third kappa shape index (κ3) is 2.73. The Hall–Kier alpha value is -2.20. The second-order valence-electron chi connectivity index (χ2n) is 4.03. The molecule has 4 heteroatoms. The number of aryl methyl sites for hydroxylation is 1. The number of rotatable bonds is 3. The van der Waals surface area contributed by atoms with Crippen LogP contribution in [0.2, 0.25) is 0 Å². The maximum Gasteiger partial charge on any atom is 0.274 e. The number of nitrogens with zero attached hydrogens (tertiary/aromatic N) is 1. The number of nitrogens with two attached hydrogens (primary N) is 1. The Morgan fingerprint density at radius 2 is 2.17 bits per heavy atom. The SMILES string of the molecule is Cc1cccnc1C(=O)Nc1cccc(CN)c1. The van der Waals surface area contributed by atoms with Crippen LogP contribution in [0.3, 0.4) is 0 Å². The first-order chi connectivity index (χ1) is 8.70. The summed E-state index contributed by atoms with van der Waals surface area (Å²) in [4.78, 5) is 16.1. The third-order valence-corrected chi connectivity index (χ3v) is 2.65. The van der Waals surface area contributed by atoms with E-state index in [1.165, 1.54) is 0 Å². The summed E-state index contributed by atoms with van der Waals surface area (Å²) in [7, 11) is 0. The maximum absolute atomic E-state index is 12.0. The highest BCUT2D eigenvalue weighted by Crippen LogP contribution is 2.12. The quantitative estimate of drug-likeness (QED) is 0.864. The molecule has 92 valence electrons. The molecule has 0 bridgehead atoms. The van der Waals surface area contributed by atoms with E-state index in [-0.39, 0.29) is 5.91 Å². The van der Waals surface area contributed by atoms with Gasteiger partial charge in [0.2, 0.25) is 0 Å². The van der Waals surface area contributed by atoms with Crippen molar-refractivity contribution in [1.29, 1.82) is 0 Å². The van der Waals surface area contributed by atoms with Crippen molar-refractivity contribution in [3.05, 3.63) is 59.4 Å². The van der Waals surface area contributed by atoms with Gasteiger partial charge in [0.15, 0.2) is 0 Å². The molecule has 2 rings (SSSR count). The molecule has 0 saturated carbocycles. The van der Waals surface area contributed by atoms with E-state index in [0.717, 1.165) is 16.8 Å². The average molecular weight is 241 g/mol. The van der Waals surface area contributed by atoms with Gasteiger partial charge < -0.3 is 11.1 Å². The summed E-state index contributed by atoms with van der Waals surface area (Å²) in [5.74, 6) is -0.206. The molecule has 18 heavy (non-hydrogen) atoms. The van der Waals surface area contributed by atoms with Crippen LogP contribution in [-0.4, -0.2) is 10.9 Å². The number of benzene rings is 1. The minimum atomic E-state index is -0.206. The second-order valence-corrected chi connectivity index (χ2v) is 4.03. The van der Waals surface area contributed by atoms with Crippen molar-refractivity contribution in [3.63, 3.8) is 0 Å². The first-order valence-corrected chi connectivity index (χ1v) is 5.72. The predicted octanol–water partition coefficient (Wildman–Crippen LogP) is 2.10. The second kappa shape index (κ2) is 5.42. The van der Waals surface area contributed by atoms with Crippen molar-refractivity contribution >= 4 is 11.6 Å². The van der Waals surface area contributed by atoms with Crippen molar-refractivity contribution in [3.8, 4) is 0 Å². The van der Waals surface area contributed by atoms with Crippen LogP contribution in [0.5, 0.6) is 0 Å². The van der Waals surface area contributed by atoms with Gasteiger partial charge >= 0.3 is 0 Å². The molecule has 1 heterocycles. The number of aromatic nitrogens is 1. The molecule has 0 spiro atoms. The molecule has 0 aliphatic rings. The number of carbonyl (C=O) groups excluding carboxylic acids is 1. The predicted molar refractivity (Wildman–Crippen MR) is 71.3 cm³/mol. The smallest absolute Gasteiger partial charge is 0.274 e. The van der Waals surface area contributed by atoms with E-state index in [1.54, 1.807) is 12.3 Å². The van der Waals surface area contributed by atoms with Gasteiger partial charge in [-0.3, -0.25) is 9.78 Å². The van der Waals surface area contributed by atoms with E-state index in [2.05, 4.69) is 10.3 Å². The monoisotopic (exact) mass is 241 g/mol. The molecule has 0 fully saturated rings. The van der Waals surface area contributed by atoms with Crippen LogP contribution in [0.4, 0.5) is 5.69 Å². The molecule has 1 amide bonds. The molecule has 0 saturated heterocycles. The summed E-state index contributed by atoms with van der Waals surface area (Å²) in [6.07, 6.45) is 1.61. The highest BCUT2D eigenvalue weighted by Gasteiger charge is 2.10. The van der Waals surface area contributed by atoms with Crippen LogP contribution in [0.15, 0.2) is 42.6 Å². The fourth-order valence-corrected chi connectivity index (χ4v) is 1.69. The van der Waals surface area contributed by atoms with E-state index in [9.17, 15) is 4.79 Å². The zero-order valence-corrected chi connectivity index (χ0v) is 10.2. The van der Waals surface area contributed by atoms with Gasteiger partial charge in [-0.1, -0.05) is 18.2 Å². The van der Waals surface area contributed by atoms with Gasteiger partial charge in [0.1, 0.15) is 5.69 Å². The Bertz CT molecular complexity index is 566. The minimum Gasteiger partial charge on any atom is -0.326 e. The molecule has 1 aromatic heterocycles. The third-order valence-electron chi connectivity index (χ3n) is 2.65. The fraction of sp³-hybridized carbons (Fsp3) is 0.143. The molecular weight excluding hydrogens is 226 g/mol. The van der Waals surface area contributed by atoms with Crippen LogP contribution in [0.25, 0.3) is 0 Å². The first-order valence-electron chi connectivity index (χ1n) is 5.72. The Morgan fingerprint density at radius 1 is 1.33 bits per heavy atom. The normalized spacial score (nSPS) is 10.1. The van der Waals surface area contributed by atoms with Gasteiger partial charge in [-0.05, 0) is 36.2 Å². The first kappa shape index (κ1) is 12.3. The van der Waals surface area contributed by atoms with E-state index in [1.807, 2.05) is 37.3 Å². The molecule has 0 aliphatic heterocycles. The molecule has 1 aromatic carbocycles. The number of nitrogens with one attached hydrogen (secondary N) is 1. The standard InChI is InChI=1S/C14H15N3O/c1-10-4-3-7-16-13(10)14(18)17-12-6-2-5-11(8-12)9-15/h2-8H,9,15H2,1H3,(H,17,18). The zero-order valence-electron chi connectivity index (χ0n) is 10.2.